The number of hydrogen-bond acceptors (Lipinski definition) is 3. The van der Waals surface area contributed by atoms with Crippen molar-refractivity contribution in [2.45, 2.75) is 44.8 Å². The van der Waals surface area contributed by atoms with Crippen LogP contribution in [0.1, 0.15) is 35.6 Å². The van der Waals surface area contributed by atoms with Gasteiger partial charge < -0.3 is 14.7 Å². The summed E-state index contributed by atoms with van der Waals surface area (Å²) >= 11 is 9.20. The molecule has 0 bridgehead atoms. The van der Waals surface area contributed by atoms with Crippen LogP contribution < -0.4 is 4.74 Å². The summed E-state index contributed by atoms with van der Waals surface area (Å²) in [6.45, 7) is 1.48. The number of carbonyl (C=O) groups is 2. The fourth-order valence-corrected chi connectivity index (χ4v) is 4.98. The van der Waals surface area contributed by atoms with Gasteiger partial charge in [0.2, 0.25) is 5.91 Å². The average molecular weight is 575 g/mol. The van der Waals surface area contributed by atoms with Gasteiger partial charge in [-0.05, 0) is 60.4 Å². The third-order valence-corrected chi connectivity index (χ3v) is 6.96. The number of carboxylic acids is 1. The molecule has 8 heteroatoms. The summed E-state index contributed by atoms with van der Waals surface area (Å²) in [5, 5.41) is 9.96. The number of fused-ring (bicyclic) bond motifs is 1. The van der Waals surface area contributed by atoms with E-state index in [1.54, 1.807) is 12.1 Å². The number of ether oxygens (including phenoxy) is 1. The Morgan fingerprint density at radius 3 is 2.53 bits per heavy atom. The van der Waals surface area contributed by atoms with Gasteiger partial charge in [0, 0.05) is 40.9 Å². The number of rotatable bonds is 9. The van der Waals surface area contributed by atoms with Crippen LogP contribution in [-0.2, 0) is 35.4 Å². The summed E-state index contributed by atoms with van der Waals surface area (Å²) in [5.41, 5.74) is 3.07. The molecular weight excluding hydrogens is 549 g/mol. The van der Waals surface area contributed by atoms with E-state index < -0.39 is 18.3 Å². The number of benzene rings is 3. The predicted molar refractivity (Wildman–Crippen MR) is 140 cm³/mol. The van der Waals surface area contributed by atoms with Crippen molar-refractivity contribution in [3.63, 3.8) is 0 Å². The number of aryl methyl sites for hydroxylation is 1. The zero-order valence-corrected chi connectivity index (χ0v) is 22.1. The molecule has 0 saturated carbocycles. The topological polar surface area (TPSA) is 66.8 Å². The summed E-state index contributed by atoms with van der Waals surface area (Å²) < 4.78 is 21.1. The number of halogens is 3. The van der Waals surface area contributed by atoms with Gasteiger partial charge in [-0.15, -0.1) is 0 Å². The van der Waals surface area contributed by atoms with Crippen molar-refractivity contribution in [1.82, 2.24) is 4.90 Å². The highest BCUT2D eigenvalue weighted by molar-refractivity contribution is 9.10. The number of hydrogen-bond donors (Lipinski definition) is 1. The Morgan fingerprint density at radius 1 is 1.11 bits per heavy atom. The Labute approximate surface area is 223 Å². The molecule has 1 unspecified atom stereocenters. The van der Waals surface area contributed by atoms with E-state index in [0.29, 0.717) is 15.9 Å². The average Bonchev–Trinajstić information content (AvgIpc) is 3.15. The van der Waals surface area contributed by atoms with Crippen molar-refractivity contribution in [2.24, 2.45) is 0 Å². The molecule has 1 aliphatic heterocycles. The second-order valence-corrected chi connectivity index (χ2v) is 10.7. The maximum atomic E-state index is 14.3. The lowest BCUT2D eigenvalue weighted by Crippen LogP contribution is -2.35. The molecule has 1 N–H and O–H groups in total. The fraction of sp³-hybridized carbons (Fsp3) is 0.286. The molecule has 36 heavy (non-hydrogen) atoms. The van der Waals surface area contributed by atoms with Crippen LogP contribution in [0.15, 0.2) is 65.1 Å². The Kier molecular flexibility index (Phi) is 8.00. The molecule has 5 nitrogen and oxygen atoms in total. The Hall–Kier alpha value is -2.90. The molecule has 1 amide bonds. The Bertz CT molecular complexity index is 1280. The van der Waals surface area contributed by atoms with Crippen LogP contribution in [0.3, 0.4) is 0 Å². The van der Waals surface area contributed by atoms with Gasteiger partial charge in [-0.25, -0.2) is 4.39 Å². The lowest BCUT2D eigenvalue weighted by molar-refractivity contribution is -0.144. The molecule has 0 aliphatic carbocycles. The van der Waals surface area contributed by atoms with Crippen molar-refractivity contribution in [3.8, 4) is 5.75 Å². The normalized spacial score (nSPS) is 16.3. The smallest absolute Gasteiger partial charge is 0.323 e. The number of aliphatic carboxylic acids is 1. The molecule has 0 aromatic heterocycles. The Morgan fingerprint density at radius 2 is 1.83 bits per heavy atom. The summed E-state index contributed by atoms with van der Waals surface area (Å²) in [4.78, 5) is 25.4. The van der Waals surface area contributed by atoms with Crippen LogP contribution in [0.5, 0.6) is 5.75 Å². The maximum Gasteiger partial charge on any atom is 0.323 e. The van der Waals surface area contributed by atoms with Crippen LogP contribution in [0.25, 0.3) is 0 Å². The molecule has 0 spiro atoms. The van der Waals surface area contributed by atoms with Gasteiger partial charge >= 0.3 is 5.97 Å². The van der Waals surface area contributed by atoms with Gasteiger partial charge in [-0.2, -0.15) is 0 Å². The van der Waals surface area contributed by atoms with Crippen molar-refractivity contribution in [1.29, 1.82) is 0 Å². The van der Waals surface area contributed by atoms with Gasteiger partial charge in [0.25, 0.3) is 0 Å². The van der Waals surface area contributed by atoms with Crippen LogP contribution in [0.2, 0.25) is 5.02 Å². The van der Waals surface area contributed by atoms with Gasteiger partial charge in [0.1, 0.15) is 23.7 Å². The number of amides is 1. The highest BCUT2D eigenvalue weighted by Crippen LogP contribution is 2.37. The molecule has 4 rings (SSSR count). The first-order valence-electron chi connectivity index (χ1n) is 11.6. The minimum absolute atomic E-state index is 0.106. The quantitative estimate of drug-likeness (QED) is 0.329. The van der Waals surface area contributed by atoms with Crippen LogP contribution in [0, 0.1) is 5.82 Å². The SMILES string of the molecule is CC1(Cc2ccc(Cl)cc2)Cc2cc(CCC(=O)N(CC(=O)O)Cc3ccc(Br)cc3F)ccc2O1. The van der Waals surface area contributed by atoms with Crippen molar-refractivity contribution in [3.05, 3.63) is 98.2 Å². The zero-order chi connectivity index (χ0) is 25.9. The number of carbonyl (C=O) groups excluding carboxylic acids is 1. The first-order chi connectivity index (χ1) is 17.1. The van der Waals surface area contributed by atoms with E-state index in [2.05, 4.69) is 22.9 Å². The molecule has 188 valence electrons. The monoisotopic (exact) mass is 573 g/mol. The first kappa shape index (κ1) is 26.2. The van der Waals surface area contributed by atoms with E-state index in [9.17, 15) is 19.1 Å². The summed E-state index contributed by atoms with van der Waals surface area (Å²) in [6, 6.07) is 18.1. The van der Waals surface area contributed by atoms with Crippen LogP contribution in [-0.4, -0.2) is 34.0 Å². The summed E-state index contributed by atoms with van der Waals surface area (Å²) in [5.74, 6) is -1.15. The first-order valence-corrected chi connectivity index (χ1v) is 12.8. The second-order valence-electron chi connectivity index (χ2n) is 9.35. The van der Waals surface area contributed by atoms with E-state index in [0.717, 1.165) is 35.3 Å². The molecule has 3 aromatic rings. The molecule has 0 radical (unpaired) electrons. The van der Waals surface area contributed by atoms with Gasteiger partial charge in [-0.3, -0.25) is 9.59 Å². The molecule has 3 aromatic carbocycles. The lowest BCUT2D eigenvalue weighted by atomic mass is 9.91. The second kappa shape index (κ2) is 11.0. The number of nitrogens with zero attached hydrogens (tertiary/aromatic N) is 1. The summed E-state index contributed by atoms with van der Waals surface area (Å²) in [7, 11) is 0. The van der Waals surface area contributed by atoms with E-state index in [1.165, 1.54) is 11.0 Å². The lowest BCUT2D eigenvalue weighted by Gasteiger charge is -2.24. The van der Waals surface area contributed by atoms with Crippen LogP contribution in [0.4, 0.5) is 4.39 Å². The third kappa shape index (κ3) is 6.65. The fourth-order valence-electron chi connectivity index (χ4n) is 4.52. The molecule has 1 aliphatic rings. The molecule has 1 atom stereocenters. The molecule has 0 saturated heterocycles. The van der Waals surface area contributed by atoms with Crippen molar-refractivity contribution < 1.29 is 23.8 Å². The minimum Gasteiger partial charge on any atom is -0.487 e. The van der Waals surface area contributed by atoms with Gasteiger partial charge in [0.05, 0.1) is 0 Å². The predicted octanol–water partition coefficient (Wildman–Crippen LogP) is 6.22. The number of carboxylic acid groups (broad SMARTS) is 1. The molecule has 0 fully saturated rings. The molecular formula is C28H26BrClFNO4. The zero-order valence-electron chi connectivity index (χ0n) is 19.8. The Balaban J connectivity index is 1.39. The highest BCUT2D eigenvalue weighted by Gasteiger charge is 2.35. The van der Waals surface area contributed by atoms with Crippen LogP contribution >= 0.6 is 27.5 Å². The van der Waals surface area contributed by atoms with Crippen molar-refractivity contribution >= 4 is 39.4 Å². The minimum atomic E-state index is -1.14. The molecule has 1 heterocycles. The maximum absolute atomic E-state index is 14.3. The van der Waals surface area contributed by atoms with Crippen molar-refractivity contribution in [2.75, 3.05) is 6.54 Å². The third-order valence-electron chi connectivity index (χ3n) is 6.22. The van der Waals surface area contributed by atoms with Gasteiger partial charge in [-0.1, -0.05) is 57.9 Å². The largest absolute Gasteiger partial charge is 0.487 e. The van der Waals surface area contributed by atoms with E-state index >= 15 is 0 Å². The van der Waals surface area contributed by atoms with E-state index in [4.69, 9.17) is 16.3 Å². The highest BCUT2D eigenvalue weighted by atomic mass is 79.9. The van der Waals surface area contributed by atoms with E-state index in [-0.39, 0.29) is 30.0 Å². The standard InChI is InChI=1S/C28H26BrClFNO4/c1-28(14-19-2-8-23(30)9-3-19)15-21-12-18(4-10-25(21)36-28)5-11-26(33)32(17-27(34)35)16-20-6-7-22(29)13-24(20)31/h2-4,6-10,12-13H,5,11,14-17H2,1H3,(H,34,35). The van der Waals surface area contributed by atoms with E-state index in [1.807, 2.05) is 42.5 Å². The summed E-state index contributed by atoms with van der Waals surface area (Å²) in [6.07, 6.45) is 2.04. The van der Waals surface area contributed by atoms with Gasteiger partial charge in [0.15, 0.2) is 0 Å².